The van der Waals surface area contributed by atoms with Crippen molar-refractivity contribution in [3.8, 4) is 0 Å². The zero-order valence-electron chi connectivity index (χ0n) is 31.7. The monoisotopic (exact) mass is 781 g/mol. The van der Waals surface area contributed by atoms with Crippen LogP contribution in [0.5, 0.6) is 0 Å². The second-order valence-corrected chi connectivity index (χ2v) is 14.5. The third kappa shape index (κ3) is 12.4. The van der Waals surface area contributed by atoms with Crippen LogP contribution in [-0.4, -0.2) is 113 Å². The maximum atomic E-state index is 13.4. The molecule has 0 aliphatic carbocycles. The van der Waals surface area contributed by atoms with Crippen LogP contribution in [0.3, 0.4) is 0 Å². The van der Waals surface area contributed by atoms with Gasteiger partial charge in [0, 0.05) is 30.3 Å². The molecule has 5 N–H and O–H groups in total. The number of hydrogen-bond donors (Lipinski definition) is 4. The number of carbonyl (C=O) groups excluding carboxylic acids is 7. The van der Waals surface area contributed by atoms with Gasteiger partial charge in [-0.25, -0.2) is 9.59 Å². The van der Waals surface area contributed by atoms with Crippen LogP contribution < -0.4 is 21.7 Å². The predicted octanol–water partition coefficient (Wildman–Crippen LogP) is 3.05. The van der Waals surface area contributed by atoms with E-state index < -0.39 is 42.1 Å². The molecule has 4 atom stereocenters. The Balaban J connectivity index is 0.000000240. The Bertz CT molecular complexity index is 1690. The highest BCUT2D eigenvalue weighted by Gasteiger charge is 2.43. The fourth-order valence-corrected chi connectivity index (χ4v) is 7.16. The molecule has 0 aromatic heterocycles. The fraction of sp³-hybridized carbons (Fsp3) is 0.513. The Morgan fingerprint density at radius 2 is 1.42 bits per heavy atom. The summed E-state index contributed by atoms with van der Waals surface area (Å²) >= 11 is 5.66. The third-order valence-corrected chi connectivity index (χ3v) is 9.99. The van der Waals surface area contributed by atoms with Gasteiger partial charge in [0.15, 0.2) is 0 Å². The number of cyclic esters (lactones) is 1. The van der Waals surface area contributed by atoms with Crippen LogP contribution in [0, 0.1) is 13.8 Å². The molecular formula is C39H52ClN7O8. The third-order valence-electron chi connectivity index (χ3n) is 9.74. The minimum Gasteiger partial charge on any atom is -0.464 e. The van der Waals surface area contributed by atoms with Crippen molar-refractivity contribution in [1.82, 2.24) is 25.3 Å². The highest BCUT2D eigenvalue weighted by Crippen LogP contribution is 2.26. The molecule has 0 bridgehead atoms. The van der Waals surface area contributed by atoms with Crippen LogP contribution in [-0.2, 0) is 33.5 Å². The van der Waals surface area contributed by atoms with Crippen molar-refractivity contribution in [2.24, 2.45) is 5.73 Å². The number of primary amides is 1. The number of nitrogens with one attached hydrogen (secondary N) is 3. The van der Waals surface area contributed by atoms with Crippen LogP contribution in [0.2, 0.25) is 5.02 Å². The number of halogens is 1. The summed E-state index contributed by atoms with van der Waals surface area (Å²) in [4.78, 5) is 91.0. The lowest BCUT2D eigenvalue weighted by Crippen LogP contribution is -2.59. The molecule has 0 spiro atoms. The lowest BCUT2D eigenvalue weighted by Gasteiger charge is -2.38. The van der Waals surface area contributed by atoms with Crippen LogP contribution >= 0.6 is 11.6 Å². The molecular weight excluding hydrogens is 730 g/mol. The van der Waals surface area contributed by atoms with Gasteiger partial charge < -0.3 is 41.1 Å². The lowest BCUT2D eigenvalue weighted by atomic mass is 9.99. The molecule has 4 heterocycles. The molecule has 15 nitrogen and oxygen atoms in total. The number of nitrogens with two attached hydrogens (primary N) is 1. The summed E-state index contributed by atoms with van der Waals surface area (Å²) in [5.41, 5.74) is 8.12. The second-order valence-electron chi connectivity index (χ2n) is 14.1. The number of urea groups is 1. The van der Waals surface area contributed by atoms with Gasteiger partial charge >= 0.3 is 12.0 Å². The summed E-state index contributed by atoms with van der Waals surface area (Å²) in [5, 5.41) is 8.15. The van der Waals surface area contributed by atoms with E-state index in [1.807, 2.05) is 0 Å². The standard InChI is InChI=1S/C22H32N4O6.C9H10ClN3O2.C8H10/c1-14-20(29)26-12-5-8-17(26)22(31)32-13-9-18(27)24-11-4-7-16(24)21(30)25-10-3-2-6-15(25)19(28)23-14;10-6-1-3-7(4-2-6)13-9(15)12-5-8(11)14;1-7-4-3-5-8(2)6-7/h14-17H,2-13H2,1H3,(H,23,28);1-4H,5H2,(H2,11,14)(H2,12,13,15);3-6H,1-2H3. The van der Waals surface area contributed by atoms with Crippen molar-refractivity contribution in [2.45, 2.75) is 96.3 Å². The van der Waals surface area contributed by atoms with E-state index in [0.717, 1.165) is 19.3 Å². The van der Waals surface area contributed by atoms with Crippen LogP contribution in [0.4, 0.5) is 10.5 Å². The van der Waals surface area contributed by atoms with Gasteiger partial charge in [-0.2, -0.15) is 0 Å². The van der Waals surface area contributed by atoms with Crippen molar-refractivity contribution in [1.29, 1.82) is 0 Å². The van der Waals surface area contributed by atoms with Gasteiger partial charge in [0.1, 0.15) is 30.8 Å². The number of aryl methyl sites for hydroxylation is 2. The molecule has 4 unspecified atom stereocenters. The van der Waals surface area contributed by atoms with Crippen molar-refractivity contribution in [3.05, 3.63) is 64.7 Å². The zero-order valence-corrected chi connectivity index (χ0v) is 32.4. The van der Waals surface area contributed by atoms with Gasteiger partial charge in [0.2, 0.25) is 29.5 Å². The predicted molar refractivity (Wildman–Crippen MR) is 206 cm³/mol. The first-order chi connectivity index (χ1) is 26.2. The van der Waals surface area contributed by atoms with Crippen LogP contribution in [0.25, 0.3) is 0 Å². The number of amides is 7. The molecule has 0 radical (unpaired) electrons. The Hall–Kier alpha value is -5.18. The molecule has 298 valence electrons. The molecule has 6 rings (SSSR count). The molecule has 4 aliphatic rings. The molecule has 4 aliphatic heterocycles. The van der Waals surface area contributed by atoms with E-state index in [1.54, 1.807) is 41.0 Å². The van der Waals surface area contributed by atoms with E-state index in [0.29, 0.717) is 56.0 Å². The van der Waals surface area contributed by atoms with E-state index >= 15 is 0 Å². The Morgan fingerprint density at radius 1 is 0.818 bits per heavy atom. The summed E-state index contributed by atoms with van der Waals surface area (Å²) in [6.45, 7) is 6.91. The summed E-state index contributed by atoms with van der Waals surface area (Å²) in [6.07, 6.45) is 4.59. The molecule has 2 aromatic carbocycles. The number of esters is 1. The summed E-state index contributed by atoms with van der Waals surface area (Å²) in [7, 11) is 0. The minimum absolute atomic E-state index is 0.00347. The normalized spacial score (nSPS) is 23.1. The minimum atomic E-state index is -0.813. The van der Waals surface area contributed by atoms with Gasteiger partial charge in [0.25, 0.3) is 0 Å². The number of nitrogens with zero attached hydrogens (tertiary/aromatic N) is 3. The molecule has 7 amide bonds. The van der Waals surface area contributed by atoms with E-state index in [1.165, 1.54) is 16.0 Å². The topological polar surface area (TPSA) is 201 Å². The number of hydrogen-bond acceptors (Lipinski definition) is 8. The average molecular weight is 782 g/mol. The highest BCUT2D eigenvalue weighted by atomic mass is 35.5. The molecule has 2 aromatic rings. The molecule has 4 saturated heterocycles. The maximum Gasteiger partial charge on any atom is 0.328 e. The maximum absolute atomic E-state index is 13.4. The number of benzene rings is 2. The number of anilines is 1. The number of rotatable bonds is 3. The number of ether oxygens (including phenoxy) is 1. The number of piperidine rings is 1. The molecule has 16 heteroatoms. The van der Waals surface area contributed by atoms with Crippen LogP contribution in [0.15, 0.2) is 48.5 Å². The SMILES string of the molecule is CC1NC(=O)C2CCCCN2C(=O)C2CCCN2C(=O)CCOC(=O)C2CCCN2C1=O.Cc1cccc(C)c1.NC(=O)CNC(=O)Nc1ccc(Cl)cc1. The average Bonchev–Trinajstić information content (AvgIpc) is 3.86. The summed E-state index contributed by atoms with van der Waals surface area (Å²) in [5.74, 6) is -2.26. The van der Waals surface area contributed by atoms with Crippen molar-refractivity contribution in [3.63, 3.8) is 0 Å². The fourth-order valence-electron chi connectivity index (χ4n) is 7.04. The molecule has 0 saturated carbocycles. The highest BCUT2D eigenvalue weighted by molar-refractivity contribution is 6.30. The molecule has 4 fully saturated rings. The summed E-state index contributed by atoms with van der Waals surface area (Å²) in [6, 6.07) is 11.8. The second kappa shape index (κ2) is 20.5. The van der Waals surface area contributed by atoms with Gasteiger partial charge in [-0.05, 0) is 90.0 Å². The van der Waals surface area contributed by atoms with Crippen molar-refractivity contribution in [2.75, 3.05) is 38.1 Å². The van der Waals surface area contributed by atoms with E-state index in [4.69, 9.17) is 22.1 Å². The van der Waals surface area contributed by atoms with Gasteiger partial charge in [-0.3, -0.25) is 24.0 Å². The van der Waals surface area contributed by atoms with E-state index in [2.05, 4.69) is 54.1 Å². The smallest absolute Gasteiger partial charge is 0.328 e. The van der Waals surface area contributed by atoms with E-state index in [-0.39, 0.29) is 43.2 Å². The van der Waals surface area contributed by atoms with E-state index in [9.17, 15) is 33.6 Å². The quantitative estimate of drug-likeness (QED) is 0.341. The van der Waals surface area contributed by atoms with Crippen molar-refractivity contribution >= 4 is 58.8 Å². The Morgan fingerprint density at radius 3 is 2.05 bits per heavy atom. The van der Waals surface area contributed by atoms with Crippen molar-refractivity contribution < 1.29 is 38.3 Å². The molecule has 55 heavy (non-hydrogen) atoms. The Labute approximate surface area is 326 Å². The number of carbonyl (C=O) groups is 7. The first-order valence-corrected chi connectivity index (χ1v) is 19.1. The largest absolute Gasteiger partial charge is 0.464 e. The number of fused-ring (bicyclic) bond motifs is 3. The van der Waals surface area contributed by atoms with Crippen LogP contribution in [0.1, 0.15) is 69.4 Å². The summed E-state index contributed by atoms with van der Waals surface area (Å²) < 4.78 is 5.33. The first kappa shape index (κ1) is 42.6. The van der Waals surface area contributed by atoms with Gasteiger partial charge in [0.05, 0.1) is 13.0 Å². The zero-order chi connectivity index (χ0) is 40.1. The first-order valence-electron chi connectivity index (χ1n) is 18.7. The van der Waals surface area contributed by atoms with Gasteiger partial charge in [-0.15, -0.1) is 0 Å². The Kier molecular flexibility index (Phi) is 15.9. The lowest BCUT2D eigenvalue weighted by molar-refractivity contribution is -0.156. The van der Waals surface area contributed by atoms with Gasteiger partial charge in [-0.1, -0.05) is 47.0 Å².